The van der Waals surface area contributed by atoms with Gasteiger partial charge in [0, 0.05) is 19.6 Å². The van der Waals surface area contributed by atoms with Crippen LogP contribution in [0, 0.1) is 11.3 Å². The Kier molecular flexibility index (Phi) is 7.72. The summed E-state index contributed by atoms with van der Waals surface area (Å²) in [5.74, 6) is 0.279. The molecule has 6 nitrogen and oxygen atoms in total. The summed E-state index contributed by atoms with van der Waals surface area (Å²) in [5, 5.41) is 6.39. The lowest BCUT2D eigenvalue weighted by Crippen LogP contribution is -2.54. The molecule has 1 spiro atoms. The molecule has 156 valence electrons. The van der Waals surface area contributed by atoms with E-state index in [-0.39, 0.29) is 30.1 Å². The SMILES string of the molecule is COc1ccccc1C(=O)NC(C(=O)N1CCC2(CCNC2)CC1)C(C)C.Cl. The number of nitrogens with one attached hydrogen (secondary N) is 2. The average Bonchev–Trinajstić information content (AvgIpc) is 3.13. The molecule has 2 fully saturated rings. The predicted octanol–water partition coefficient (Wildman–Crippen LogP) is 2.47. The van der Waals surface area contributed by atoms with E-state index in [1.165, 1.54) is 6.42 Å². The summed E-state index contributed by atoms with van der Waals surface area (Å²) in [4.78, 5) is 27.8. The van der Waals surface area contributed by atoms with Gasteiger partial charge in [0.1, 0.15) is 11.8 Å². The van der Waals surface area contributed by atoms with Gasteiger partial charge in [0.2, 0.25) is 5.91 Å². The van der Waals surface area contributed by atoms with Crippen LogP contribution in [0.5, 0.6) is 5.75 Å². The molecule has 1 aromatic carbocycles. The molecule has 2 N–H and O–H groups in total. The molecular formula is C21H32ClN3O3. The Morgan fingerprint density at radius 3 is 2.43 bits per heavy atom. The average molecular weight is 410 g/mol. The van der Waals surface area contributed by atoms with Crippen LogP contribution in [0.25, 0.3) is 0 Å². The van der Waals surface area contributed by atoms with Crippen molar-refractivity contribution in [2.24, 2.45) is 11.3 Å². The van der Waals surface area contributed by atoms with Crippen molar-refractivity contribution in [2.45, 2.75) is 39.2 Å². The Morgan fingerprint density at radius 1 is 1.18 bits per heavy atom. The number of carbonyl (C=O) groups is 2. The first kappa shape index (κ1) is 22.5. The minimum absolute atomic E-state index is 0. The first-order valence-electron chi connectivity index (χ1n) is 9.89. The van der Waals surface area contributed by atoms with Gasteiger partial charge < -0.3 is 20.3 Å². The van der Waals surface area contributed by atoms with Crippen LogP contribution in [0.2, 0.25) is 0 Å². The number of benzene rings is 1. The number of hydrogen-bond donors (Lipinski definition) is 2. The van der Waals surface area contributed by atoms with Crippen molar-refractivity contribution in [1.29, 1.82) is 0 Å². The molecule has 0 bridgehead atoms. The monoisotopic (exact) mass is 409 g/mol. The molecule has 2 heterocycles. The molecule has 1 unspecified atom stereocenters. The van der Waals surface area contributed by atoms with Crippen molar-refractivity contribution < 1.29 is 14.3 Å². The number of likely N-dealkylation sites (tertiary alicyclic amines) is 1. The summed E-state index contributed by atoms with van der Waals surface area (Å²) in [7, 11) is 1.54. The lowest BCUT2D eigenvalue weighted by atomic mass is 9.77. The van der Waals surface area contributed by atoms with E-state index in [9.17, 15) is 9.59 Å². The molecule has 0 aromatic heterocycles. The summed E-state index contributed by atoms with van der Waals surface area (Å²) in [5.41, 5.74) is 0.818. The molecule has 0 radical (unpaired) electrons. The maximum Gasteiger partial charge on any atom is 0.255 e. The molecule has 1 aromatic rings. The minimum Gasteiger partial charge on any atom is -0.496 e. The number of piperidine rings is 1. The van der Waals surface area contributed by atoms with Crippen LogP contribution in [0.3, 0.4) is 0 Å². The maximum atomic E-state index is 13.1. The van der Waals surface area contributed by atoms with Crippen LogP contribution in [-0.4, -0.2) is 56.0 Å². The van der Waals surface area contributed by atoms with E-state index in [0.717, 1.165) is 39.0 Å². The van der Waals surface area contributed by atoms with E-state index in [1.54, 1.807) is 25.3 Å². The standard InChI is InChI=1S/C21H31N3O3.ClH/c1-15(2)18(23-19(25)16-6-4-5-7-17(16)27-3)20(26)24-12-9-21(10-13-24)8-11-22-14-21;/h4-7,15,18,22H,8-14H2,1-3H3,(H,23,25);1H. The van der Waals surface area contributed by atoms with Crippen LogP contribution in [0.4, 0.5) is 0 Å². The predicted molar refractivity (Wildman–Crippen MR) is 112 cm³/mol. The van der Waals surface area contributed by atoms with Crippen molar-refractivity contribution in [2.75, 3.05) is 33.3 Å². The topological polar surface area (TPSA) is 70.7 Å². The fourth-order valence-corrected chi connectivity index (χ4v) is 4.19. The van der Waals surface area contributed by atoms with E-state index < -0.39 is 6.04 Å². The molecule has 2 saturated heterocycles. The molecule has 0 aliphatic carbocycles. The molecule has 0 saturated carbocycles. The fraction of sp³-hybridized carbons (Fsp3) is 0.619. The highest BCUT2D eigenvalue weighted by Gasteiger charge is 2.39. The van der Waals surface area contributed by atoms with Crippen molar-refractivity contribution in [1.82, 2.24) is 15.5 Å². The van der Waals surface area contributed by atoms with E-state index >= 15 is 0 Å². The van der Waals surface area contributed by atoms with Crippen LogP contribution in [0.1, 0.15) is 43.5 Å². The fourth-order valence-electron chi connectivity index (χ4n) is 4.19. The number of nitrogens with zero attached hydrogens (tertiary/aromatic N) is 1. The Morgan fingerprint density at radius 2 is 1.86 bits per heavy atom. The van der Waals surface area contributed by atoms with Gasteiger partial charge >= 0.3 is 0 Å². The van der Waals surface area contributed by atoms with Crippen molar-refractivity contribution in [3.63, 3.8) is 0 Å². The number of halogens is 1. The quantitative estimate of drug-likeness (QED) is 0.783. The first-order valence-corrected chi connectivity index (χ1v) is 9.89. The number of para-hydroxylation sites is 1. The van der Waals surface area contributed by atoms with Gasteiger partial charge in [0.25, 0.3) is 5.91 Å². The van der Waals surface area contributed by atoms with E-state index in [2.05, 4.69) is 10.6 Å². The molecule has 7 heteroatoms. The third kappa shape index (κ3) is 4.78. The minimum atomic E-state index is -0.529. The van der Waals surface area contributed by atoms with Crippen LogP contribution in [0.15, 0.2) is 24.3 Å². The van der Waals surface area contributed by atoms with Crippen molar-refractivity contribution in [3.05, 3.63) is 29.8 Å². The summed E-state index contributed by atoms with van der Waals surface area (Å²) in [6, 6.07) is 6.55. The Balaban J connectivity index is 0.00000280. The van der Waals surface area contributed by atoms with E-state index in [0.29, 0.717) is 16.7 Å². The van der Waals surface area contributed by atoms with Gasteiger partial charge in [-0.05, 0) is 49.3 Å². The number of ether oxygens (including phenoxy) is 1. The van der Waals surface area contributed by atoms with Gasteiger partial charge in [0.15, 0.2) is 0 Å². The second kappa shape index (κ2) is 9.61. The highest BCUT2D eigenvalue weighted by Crippen LogP contribution is 2.37. The maximum absolute atomic E-state index is 13.1. The second-order valence-electron chi connectivity index (χ2n) is 8.15. The molecule has 28 heavy (non-hydrogen) atoms. The smallest absolute Gasteiger partial charge is 0.255 e. The van der Waals surface area contributed by atoms with E-state index in [4.69, 9.17) is 4.74 Å². The number of amides is 2. The summed E-state index contributed by atoms with van der Waals surface area (Å²) >= 11 is 0. The van der Waals surface area contributed by atoms with Crippen molar-refractivity contribution >= 4 is 24.2 Å². The van der Waals surface area contributed by atoms with Gasteiger partial charge in [0.05, 0.1) is 12.7 Å². The van der Waals surface area contributed by atoms with Crippen LogP contribution < -0.4 is 15.4 Å². The number of rotatable bonds is 5. The molecular weight excluding hydrogens is 378 g/mol. The zero-order valence-electron chi connectivity index (χ0n) is 17.0. The van der Waals surface area contributed by atoms with Gasteiger partial charge in [-0.1, -0.05) is 26.0 Å². The highest BCUT2D eigenvalue weighted by atomic mass is 35.5. The van der Waals surface area contributed by atoms with Gasteiger partial charge in [-0.25, -0.2) is 0 Å². The normalized spacial score (nSPS) is 19.2. The number of carbonyl (C=O) groups excluding carboxylic acids is 2. The molecule has 2 aliphatic rings. The van der Waals surface area contributed by atoms with Gasteiger partial charge in [-0.2, -0.15) is 0 Å². The summed E-state index contributed by atoms with van der Waals surface area (Å²) < 4.78 is 5.28. The molecule has 2 amide bonds. The molecule has 2 aliphatic heterocycles. The Labute approximate surface area is 173 Å². The first-order chi connectivity index (χ1) is 13.0. The number of hydrogen-bond acceptors (Lipinski definition) is 4. The van der Waals surface area contributed by atoms with Crippen molar-refractivity contribution in [3.8, 4) is 5.75 Å². The summed E-state index contributed by atoms with van der Waals surface area (Å²) in [6.45, 7) is 7.63. The lowest BCUT2D eigenvalue weighted by Gasteiger charge is -2.40. The Bertz CT molecular complexity index is 679. The van der Waals surface area contributed by atoms with Crippen LogP contribution >= 0.6 is 12.4 Å². The third-order valence-electron chi connectivity index (χ3n) is 6.04. The lowest BCUT2D eigenvalue weighted by molar-refractivity contribution is -0.136. The second-order valence-corrected chi connectivity index (χ2v) is 8.15. The largest absolute Gasteiger partial charge is 0.496 e. The van der Waals surface area contributed by atoms with E-state index in [1.807, 2.05) is 24.8 Å². The zero-order chi connectivity index (χ0) is 19.4. The van der Waals surface area contributed by atoms with Crippen LogP contribution in [-0.2, 0) is 4.79 Å². The molecule has 3 rings (SSSR count). The highest BCUT2D eigenvalue weighted by molar-refractivity contribution is 5.99. The number of methoxy groups -OCH3 is 1. The zero-order valence-corrected chi connectivity index (χ0v) is 17.8. The third-order valence-corrected chi connectivity index (χ3v) is 6.04. The van der Waals surface area contributed by atoms with Gasteiger partial charge in [-0.3, -0.25) is 9.59 Å². The molecule has 1 atom stereocenters. The summed E-state index contributed by atoms with van der Waals surface area (Å²) in [6.07, 6.45) is 3.28. The van der Waals surface area contributed by atoms with Gasteiger partial charge in [-0.15, -0.1) is 12.4 Å². The Hall–Kier alpha value is -1.79.